The van der Waals surface area contributed by atoms with Crippen LogP contribution in [0, 0.1) is 11.8 Å². The number of rotatable bonds is 1. The van der Waals surface area contributed by atoms with Crippen molar-refractivity contribution in [1.82, 2.24) is 4.90 Å². The lowest BCUT2D eigenvalue weighted by molar-refractivity contribution is 0.00918. The molecule has 4 atom stereocenters. The summed E-state index contributed by atoms with van der Waals surface area (Å²) >= 11 is 0. The third kappa shape index (κ3) is 1.91. The van der Waals surface area contributed by atoms with Crippen molar-refractivity contribution in [3.05, 3.63) is 0 Å². The van der Waals surface area contributed by atoms with Crippen molar-refractivity contribution in [2.75, 3.05) is 39.5 Å². The fraction of sp³-hybridized carbons (Fsp3) is 1.00. The van der Waals surface area contributed by atoms with E-state index in [0.717, 1.165) is 44.7 Å². The molecule has 3 saturated heterocycles. The zero-order valence-electron chi connectivity index (χ0n) is 9.10. The molecule has 0 aliphatic carbocycles. The highest BCUT2D eigenvalue weighted by molar-refractivity contribution is 4.92. The van der Waals surface area contributed by atoms with Crippen LogP contribution in [0.1, 0.15) is 6.42 Å². The number of likely N-dealkylation sites (tertiary alicyclic amines) is 1. The number of nitrogens with two attached hydrogens (primary N) is 1. The molecule has 0 saturated carbocycles. The van der Waals surface area contributed by atoms with Crippen LogP contribution >= 0.6 is 0 Å². The maximum Gasteiger partial charge on any atom is 0.0623 e. The van der Waals surface area contributed by atoms with Gasteiger partial charge in [0.1, 0.15) is 0 Å². The first-order valence-corrected chi connectivity index (χ1v) is 5.98. The minimum absolute atomic E-state index is 0.237. The Morgan fingerprint density at radius 1 is 0.933 bits per heavy atom. The number of hydrogen-bond donors (Lipinski definition) is 1. The van der Waals surface area contributed by atoms with Gasteiger partial charge in [0, 0.05) is 37.0 Å². The van der Waals surface area contributed by atoms with Crippen molar-refractivity contribution in [2.45, 2.75) is 18.5 Å². The molecule has 0 radical (unpaired) electrons. The first kappa shape index (κ1) is 10.0. The Bertz CT molecular complexity index is 225. The maximum absolute atomic E-state index is 5.93. The van der Waals surface area contributed by atoms with E-state index in [-0.39, 0.29) is 6.04 Å². The summed E-state index contributed by atoms with van der Waals surface area (Å²) in [6, 6.07) is 0.791. The van der Waals surface area contributed by atoms with Crippen LogP contribution in [0.2, 0.25) is 0 Å². The second-order valence-electron chi connectivity index (χ2n) is 5.20. The lowest BCUT2D eigenvalue weighted by Crippen LogP contribution is -2.47. The molecule has 3 rings (SSSR count). The van der Waals surface area contributed by atoms with Gasteiger partial charge in [-0.3, -0.25) is 4.90 Å². The molecule has 15 heavy (non-hydrogen) atoms. The quantitative estimate of drug-likeness (QED) is 0.647. The van der Waals surface area contributed by atoms with Gasteiger partial charge in [-0.2, -0.15) is 0 Å². The van der Waals surface area contributed by atoms with Crippen LogP contribution in [0.4, 0.5) is 0 Å². The Morgan fingerprint density at radius 3 is 2.27 bits per heavy atom. The standard InChI is InChI=1S/C11H20N2O2/c12-10-1-11(7-15-6-10)13-2-8-4-14-5-9(8)3-13/h8-11H,1-7,12H2. The Hall–Kier alpha value is -0.160. The molecule has 4 nitrogen and oxygen atoms in total. The molecule has 86 valence electrons. The Labute approximate surface area is 90.7 Å². The summed E-state index contributed by atoms with van der Waals surface area (Å²) in [5, 5.41) is 0. The average molecular weight is 212 g/mol. The SMILES string of the molecule is NC1COCC(N2CC3COCC3C2)C1. The summed E-state index contributed by atoms with van der Waals surface area (Å²) in [6.45, 7) is 5.90. The predicted octanol–water partition coefficient (Wildman–Crippen LogP) is -0.319. The summed E-state index contributed by atoms with van der Waals surface area (Å²) in [6.07, 6.45) is 1.10. The number of hydrogen-bond acceptors (Lipinski definition) is 4. The van der Waals surface area contributed by atoms with E-state index in [9.17, 15) is 0 Å². The highest BCUT2D eigenvalue weighted by Gasteiger charge is 2.40. The second-order valence-corrected chi connectivity index (χ2v) is 5.20. The Balaban J connectivity index is 1.59. The third-order valence-corrected chi connectivity index (χ3v) is 4.00. The summed E-state index contributed by atoms with van der Waals surface area (Å²) in [7, 11) is 0. The van der Waals surface area contributed by atoms with E-state index in [0.29, 0.717) is 6.04 Å². The number of ether oxygens (including phenoxy) is 2. The van der Waals surface area contributed by atoms with Gasteiger partial charge in [0.25, 0.3) is 0 Å². The Morgan fingerprint density at radius 2 is 1.60 bits per heavy atom. The van der Waals surface area contributed by atoms with Gasteiger partial charge in [0.15, 0.2) is 0 Å². The van der Waals surface area contributed by atoms with E-state index >= 15 is 0 Å². The van der Waals surface area contributed by atoms with Crippen LogP contribution in [0.15, 0.2) is 0 Å². The van der Waals surface area contributed by atoms with Crippen molar-refractivity contribution in [2.24, 2.45) is 17.6 Å². The lowest BCUT2D eigenvalue weighted by Gasteiger charge is -2.34. The predicted molar refractivity (Wildman–Crippen MR) is 56.6 cm³/mol. The van der Waals surface area contributed by atoms with Gasteiger partial charge in [-0.15, -0.1) is 0 Å². The van der Waals surface area contributed by atoms with Crippen LogP contribution in [0.3, 0.4) is 0 Å². The molecule has 0 aromatic heterocycles. The molecule has 3 aliphatic heterocycles. The third-order valence-electron chi connectivity index (χ3n) is 4.00. The summed E-state index contributed by atoms with van der Waals surface area (Å²) in [5.74, 6) is 1.53. The molecule has 4 unspecified atom stereocenters. The van der Waals surface area contributed by atoms with Gasteiger partial charge in [-0.25, -0.2) is 0 Å². The van der Waals surface area contributed by atoms with E-state index in [4.69, 9.17) is 15.2 Å². The minimum Gasteiger partial charge on any atom is -0.381 e. The summed E-state index contributed by atoms with van der Waals surface area (Å²) in [4.78, 5) is 2.57. The molecule has 3 heterocycles. The van der Waals surface area contributed by atoms with Crippen molar-refractivity contribution >= 4 is 0 Å². The van der Waals surface area contributed by atoms with Crippen LogP contribution < -0.4 is 5.73 Å². The van der Waals surface area contributed by atoms with Crippen molar-refractivity contribution in [3.8, 4) is 0 Å². The molecular weight excluding hydrogens is 192 g/mol. The zero-order chi connectivity index (χ0) is 10.3. The molecule has 0 aromatic rings. The normalized spacial score (nSPS) is 47.0. The molecule has 3 aliphatic rings. The van der Waals surface area contributed by atoms with Crippen LogP contribution in [-0.2, 0) is 9.47 Å². The number of fused-ring (bicyclic) bond motifs is 1. The average Bonchev–Trinajstić information content (AvgIpc) is 2.76. The minimum atomic E-state index is 0.237. The molecular formula is C11H20N2O2. The van der Waals surface area contributed by atoms with E-state index in [1.807, 2.05) is 0 Å². The highest BCUT2D eigenvalue weighted by Crippen LogP contribution is 2.31. The van der Waals surface area contributed by atoms with Crippen molar-refractivity contribution in [1.29, 1.82) is 0 Å². The molecule has 0 aromatic carbocycles. The summed E-state index contributed by atoms with van der Waals surface area (Å²) in [5.41, 5.74) is 5.93. The highest BCUT2D eigenvalue weighted by atomic mass is 16.5. The topological polar surface area (TPSA) is 47.7 Å². The van der Waals surface area contributed by atoms with Gasteiger partial charge in [0.05, 0.1) is 26.4 Å². The summed E-state index contributed by atoms with van der Waals surface area (Å²) < 4.78 is 11.0. The fourth-order valence-electron chi connectivity index (χ4n) is 3.12. The molecule has 2 N–H and O–H groups in total. The first-order valence-electron chi connectivity index (χ1n) is 5.98. The van der Waals surface area contributed by atoms with E-state index in [2.05, 4.69) is 4.90 Å². The molecule has 0 amide bonds. The molecule has 3 fully saturated rings. The maximum atomic E-state index is 5.93. The Kier molecular flexibility index (Phi) is 2.68. The molecule has 4 heteroatoms. The van der Waals surface area contributed by atoms with Crippen LogP contribution in [-0.4, -0.2) is 56.5 Å². The van der Waals surface area contributed by atoms with Gasteiger partial charge in [-0.1, -0.05) is 0 Å². The molecule has 0 spiro atoms. The lowest BCUT2D eigenvalue weighted by atomic mass is 10.0. The smallest absolute Gasteiger partial charge is 0.0623 e. The van der Waals surface area contributed by atoms with Crippen molar-refractivity contribution in [3.63, 3.8) is 0 Å². The van der Waals surface area contributed by atoms with E-state index in [1.54, 1.807) is 0 Å². The fourth-order valence-corrected chi connectivity index (χ4v) is 3.12. The largest absolute Gasteiger partial charge is 0.381 e. The first-order chi connectivity index (χ1) is 7.33. The van der Waals surface area contributed by atoms with Crippen LogP contribution in [0.5, 0.6) is 0 Å². The monoisotopic (exact) mass is 212 g/mol. The second kappa shape index (κ2) is 4.01. The van der Waals surface area contributed by atoms with Gasteiger partial charge in [0.2, 0.25) is 0 Å². The molecule has 0 bridgehead atoms. The van der Waals surface area contributed by atoms with Crippen molar-refractivity contribution < 1.29 is 9.47 Å². The van der Waals surface area contributed by atoms with Gasteiger partial charge < -0.3 is 15.2 Å². The van der Waals surface area contributed by atoms with Crippen LogP contribution in [0.25, 0.3) is 0 Å². The van der Waals surface area contributed by atoms with Gasteiger partial charge >= 0.3 is 0 Å². The van der Waals surface area contributed by atoms with Gasteiger partial charge in [-0.05, 0) is 6.42 Å². The van der Waals surface area contributed by atoms with E-state index < -0.39 is 0 Å². The zero-order valence-corrected chi connectivity index (χ0v) is 9.10. The number of nitrogens with zero attached hydrogens (tertiary/aromatic N) is 1. The van der Waals surface area contributed by atoms with E-state index in [1.165, 1.54) is 13.1 Å².